The quantitative estimate of drug-likeness (QED) is 0.459. The number of pyridine rings is 2. The minimum absolute atomic E-state index is 0.133. The molecule has 0 aromatic carbocycles. The Kier molecular flexibility index (Phi) is 5.31. The molecule has 1 atom stereocenters. The van der Waals surface area contributed by atoms with Crippen molar-refractivity contribution in [2.45, 2.75) is 4.21 Å². The third-order valence-corrected chi connectivity index (χ3v) is 7.90. The number of rotatable bonds is 5. The van der Waals surface area contributed by atoms with Gasteiger partial charge in [0.1, 0.15) is 15.5 Å². The maximum Gasteiger partial charge on any atom is 0.257 e. The second-order valence-electron chi connectivity index (χ2n) is 6.01. The van der Waals surface area contributed by atoms with Crippen LogP contribution in [-0.4, -0.2) is 30.9 Å². The summed E-state index contributed by atoms with van der Waals surface area (Å²) in [5.74, 6) is 0.133. The second kappa shape index (κ2) is 7.92. The molecule has 1 unspecified atom stereocenters. The van der Waals surface area contributed by atoms with Gasteiger partial charge in [0.2, 0.25) is 11.1 Å². The number of ether oxygens (including phenoxy) is 1. The van der Waals surface area contributed by atoms with E-state index in [4.69, 9.17) is 16.3 Å². The lowest BCUT2D eigenvalue weighted by atomic mass is 10.1. The Hall–Kier alpha value is -3.17. The first-order valence-electron chi connectivity index (χ1n) is 8.41. The van der Waals surface area contributed by atoms with E-state index in [1.165, 1.54) is 30.0 Å². The predicted molar refractivity (Wildman–Crippen MR) is 116 cm³/mol. The third kappa shape index (κ3) is 3.57. The van der Waals surface area contributed by atoms with Crippen molar-refractivity contribution in [1.82, 2.24) is 14.4 Å². The average Bonchev–Trinajstić information content (AvgIpc) is 3.20. The zero-order chi connectivity index (χ0) is 21.3. The van der Waals surface area contributed by atoms with Gasteiger partial charge in [-0.2, -0.15) is 0 Å². The number of anilines is 1. The highest BCUT2D eigenvalue weighted by Gasteiger charge is 2.20. The lowest BCUT2D eigenvalue weighted by Crippen LogP contribution is -2.14. The maximum atomic E-state index is 13.2. The van der Waals surface area contributed by atoms with Crippen molar-refractivity contribution in [2.24, 2.45) is 0 Å². The number of nitrogens with one attached hydrogen (secondary N) is 1. The molecule has 0 aliphatic rings. The molecular formula is C19H13ClN4O4S2. The van der Waals surface area contributed by atoms with E-state index >= 15 is 0 Å². The van der Waals surface area contributed by atoms with Crippen molar-refractivity contribution in [1.29, 1.82) is 0 Å². The summed E-state index contributed by atoms with van der Waals surface area (Å²) in [6, 6.07) is 7.99. The van der Waals surface area contributed by atoms with Gasteiger partial charge in [-0.1, -0.05) is 11.6 Å². The molecule has 1 N–H and O–H groups in total. The van der Waals surface area contributed by atoms with Crippen molar-refractivity contribution in [3.05, 3.63) is 69.7 Å². The van der Waals surface area contributed by atoms with Crippen molar-refractivity contribution in [3.8, 4) is 17.0 Å². The van der Waals surface area contributed by atoms with Gasteiger partial charge in [0.05, 0.1) is 12.1 Å². The summed E-state index contributed by atoms with van der Waals surface area (Å²) >= 11 is 7.15. The number of hydrogen-bond donors (Lipinski definition) is 1. The Labute approximate surface area is 179 Å². The summed E-state index contributed by atoms with van der Waals surface area (Å²) in [5.41, 5.74) is 1.74. The molecule has 152 valence electrons. The molecule has 0 fully saturated rings. The van der Waals surface area contributed by atoms with E-state index in [-0.39, 0.29) is 26.4 Å². The van der Waals surface area contributed by atoms with Gasteiger partial charge in [-0.05, 0) is 29.6 Å². The number of aromatic nitrogens is 3. The van der Waals surface area contributed by atoms with Crippen LogP contribution >= 0.6 is 22.9 Å². The maximum absolute atomic E-state index is 13.2. The van der Waals surface area contributed by atoms with Crippen LogP contribution in [0.15, 0.2) is 63.3 Å². The van der Waals surface area contributed by atoms with Crippen LogP contribution in [0.1, 0.15) is 0 Å². The molecule has 0 aliphatic heterocycles. The Morgan fingerprint density at radius 2 is 2.07 bits per heavy atom. The number of halogens is 1. The van der Waals surface area contributed by atoms with Crippen molar-refractivity contribution >= 4 is 49.2 Å². The molecule has 0 saturated carbocycles. The summed E-state index contributed by atoms with van der Waals surface area (Å²) in [6.07, 6.45) is 4.60. The number of fused-ring (bicyclic) bond motifs is 1. The zero-order valence-electron chi connectivity index (χ0n) is 15.4. The fraction of sp³-hybridized carbons (Fsp3) is 0.0526. The van der Waals surface area contributed by atoms with Crippen LogP contribution in [0.25, 0.3) is 16.8 Å². The number of hydrogen-bond acceptors (Lipinski definition) is 7. The Bertz CT molecular complexity index is 1470. The molecule has 0 amide bonds. The van der Waals surface area contributed by atoms with Gasteiger partial charge < -0.3 is 4.74 Å². The molecule has 4 aromatic rings. The van der Waals surface area contributed by atoms with Crippen LogP contribution in [0.3, 0.4) is 0 Å². The Morgan fingerprint density at radius 1 is 1.23 bits per heavy atom. The van der Waals surface area contributed by atoms with E-state index in [9.17, 15) is 13.8 Å². The van der Waals surface area contributed by atoms with E-state index in [0.717, 1.165) is 11.3 Å². The van der Waals surface area contributed by atoms with Gasteiger partial charge in [0, 0.05) is 35.8 Å². The Morgan fingerprint density at radius 3 is 2.77 bits per heavy atom. The van der Waals surface area contributed by atoms with Gasteiger partial charge >= 0.3 is 0 Å². The molecule has 0 radical (unpaired) electrons. The smallest absolute Gasteiger partial charge is 0.257 e. The minimum Gasteiger partial charge on any atom is -0.480 e. The average molecular weight is 461 g/mol. The van der Waals surface area contributed by atoms with E-state index in [1.54, 1.807) is 41.1 Å². The van der Waals surface area contributed by atoms with E-state index in [1.807, 2.05) is 0 Å². The highest BCUT2D eigenvalue weighted by Crippen LogP contribution is 2.33. The molecule has 4 heterocycles. The lowest BCUT2D eigenvalue weighted by molar-refractivity contribution is 0.400. The number of thiophene rings is 1. The van der Waals surface area contributed by atoms with Crippen LogP contribution in [0.5, 0.6) is 5.88 Å². The number of carbonyl (C=O) groups excluding carboxylic acids is 1. The molecular weight excluding hydrogens is 448 g/mol. The van der Waals surface area contributed by atoms with Crippen molar-refractivity contribution in [2.75, 3.05) is 11.8 Å². The summed E-state index contributed by atoms with van der Waals surface area (Å²) in [4.78, 5) is 32.1. The summed E-state index contributed by atoms with van der Waals surface area (Å²) in [5, 5.41) is 3.40. The molecule has 0 bridgehead atoms. The largest absolute Gasteiger partial charge is 0.480 e. The highest BCUT2D eigenvalue weighted by atomic mass is 35.5. The first kappa shape index (κ1) is 20.1. The van der Waals surface area contributed by atoms with E-state index < -0.39 is 9.71 Å². The molecule has 8 nitrogen and oxygen atoms in total. The summed E-state index contributed by atoms with van der Waals surface area (Å²) in [7, 11) is -2.07. The van der Waals surface area contributed by atoms with Gasteiger partial charge in [0.25, 0.3) is 5.56 Å². The van der Waals surface area contributed by atoms with Gasteiger partial charge in [-0.3, -0.25) is 13.9 Å². The highest BCUT2D eigenvalue weighted by molar-refractivity contribution is 8.03. The first-order chi connectivity index (χ1) is 14.4. The lowest BCUT2D eigenvalue weighted by Gasteiger charge is -2.14. The number of nitrogens with zero attached hydrogens (tertiary/aromatic N) is 3. The van der Waals surface area contributed by atoms with Gasteiger partial charge in [0.15, 0.2) is 9.71 Å². The molecule has 11 heteroatoms. The fourth-order valence-corrected chi connectivity index (χ4v) is 5.84. The molecule has 30 heavy (non-hydrogen) atoms. The normalized spacial score (nSPS) is 12.9. The van der Waals surface area contributed by atoms with Crippen LogP contribution in [0, 0.1) is 0 Å². The van der Waals surface area contributed by atoms with Crippen LogP contribution in [-0.2, 0) is 14.5 Å². The SMILES string of the molecule is COc1ncc(-c2ccc3nccc(=O)n3c2)cc1NS(=O)(=C=O)c1sccc1Cl. The summed E-state index contributed by atoms with van der Waals surface area (Å²) in [6.45, 7) is 0. The third-order valence-electron chi connectivity index (χ3n) is 4.18. The van der Waals surface area contributed by atoms with Crippen LogP contribution in [0.4, 0.5) is 5.69 Å². The van der Waals surface area contributed by atoms with Crippen molar-refractivity contribution in [3.63, 3.8) is 0 Å². The minimum atomic E-state index is -3.47. The summed E-state index contributed by atoms with van der Waals surface area (Å²) < 4.78 is 22.7. The molecule has 0 aliphatic carbocycles. The van der Waals surface area contributed by atoms with E-state index in [0.29, 0.717) is 16.8 Å². The molecule has 0 spiro atoms. The molecule has 0 saturated heterocycles. The monoisotopic (exact) mass is 460 g/mol. The number of methoxy groups -OCH3 is 1. The molecule has 4 aromatic heterocycles. The second-order valence-corrected chi connectivity index (χ2v) is 9.48. The standard InChI is InChI=1S/C19H13ClN4O4S2/c1-28-18-15(23-30(27,11-25)19-14(20)5-7-29-19)8-13(9-22-18)12-2-3-16-21-6-4-17(26)24(16)10-12/h2-10H,1H3,(H,23,27). The van der Waals surface area contributed by atoms with Crippen LogP contribution in [0.2, 0.25) is 5.02 Å². The van der Waals surface area contributed by atoms with Gasteiger partial charge in [-0.25, -0.2) is 19.0 Å². The zero-order valence-corrected chi connectivity index (χ0v) is 17.8. The van der Waals surface area contributed by atoms with Crippen molar-refractivity contribution < 1.29 is 13.7 Å². The van der Waals surface area contributed by atoms with Crippen LogP contribution < -0.4 is 15.0 Å². The first-order valence-corrected chi connectivity index (χ1v) is 11.2. The predicted octanol–water partition coefficient (Wildman–Crippen LogP) is 3.22. The van der Waals surface area contributed by atoms with E-state index in [2.05, 4.69) is 14.7 Å². The van der Waals surface area contributed by atoms with Gasteiger partial charge in [-0.15, -0.1) is 11.3 Å². The Balaban J connectivity index is 1.83. The topological polar surface area (TPSA) is 103 Å². The fourth-order valence-electron chi connectivity index (χ4n) is 2.79. The molecule has 4 rings (SSSR count).